The molecule has 0 unspecified atom stereocenters. The van der Waals surface area contributed by atoms with Gasteiger partial charge in [-0.3, -0.25) is 4.72 Å². The van der Waals surface area contributed by atoms with Crippen LogP contribution in [0.3, 0.4) is 0 Å². The first-order valence-corrected chi connectivity index (χ1v) is 10.6. The number of anilines is 1. The normalized spacial score (nSPS) is 11.3. The van der Waals surface area contributed by atoms with Gasteiger partial charge in [0.05, 0.1) is 0 Å². The van der Waals surface area contributed by atoms with Crippen molar-refractivity contribution < 1.29 is 13.2 Å². The van der Waals surface area contributed by atoms with Crippen LogP contribution in [0.25, 0.3) is 5.82 Å². The van der Waals surface area contributed by atoms with Gasteiger partial charge in [-0.25, -0.2) is 18.1 Å². The molecule has 0 aliphatic heterocycles. The summed E-state index contributed by atoms with van der Waals surface area (Å²) < 4.78 is 34.7. The molecule has 0 bridgehead atoms. The number of sulfonamides is 1. The number of ether oxygens (including phenoxy) is 1. The molecule has 0 aliphatic rings. The van der Waals surface area contributed by atoms with E-state index in [4.69, 9.17) is 4.74 Å². The minimum absolute atomic E-state index is 0.260. The lowest BCUT2D eigenvalue weighted by Gasteiger charge is -2.09. The maximum atomic E-state index is 12.3. The third-order valence-corrected chi connectivity index (χ3v) is 6.41. The van der Waals surface area contributed by atoms with Crippen molar-refractivity contribution in [3.05, 3.63) is 72.1 Å². The van der Waals surface area contributed by atoms with Crippen LogP contribution in [0.2, 0.25) is 0 Å². The van der Waals surface area contributed by atoms with Crippen LogP contribution in [0.1, 0.15) is 5.82 Å². The fourth-order valence-electron chi connectivity index (χ4n) is 2.43. The second kappa shape index (κ2) is 7.41. The maximum Gasteiger partial charge on any atom is 0.271 e. The number of benzene rings is 1. The molecule has 4 rings (SSSR count). The Morgan fingerprint density at radius 3 is 2.61 bits per heavy atom. The second-order valence-electron chi connectivity index (χ2n) is 5.73. The average Bonchev–Trinajstić information content (AvgIpc) is 3.37. The number of thiophene rings is 1. The molecule has 8 nitrogen and oxygen atoms in total. The zero-order valence-electron chi connectivity index (χ0n) is 14.7. The molecule has 4 aromatic rings. The summed E-state index contributed by atoms with van der Waals surface area (Å²) in [6, 6.07) is 13.3. The molecule has 0 spiro atoms. The first kappa shape index (κ1) is 18.1. The van der Waals surface area contributed by atoms with Crippen LogP contribution < -0.4 is 9.46 Å². The predicted octanol–water partition coefficient (Wildman–Crippen LogP) is 3.63. The summed E-state index contributed by atoms with van der Waals surface area (Å²) >= 11 is 1.16. The number of aromatic nitrogens is 4. The van der Waals surface area contributed by atoms with Gasteiger partial charge in [-0.2, -0.15) is 10.1 Å². The fraction of sp³-hybridized carbons (Fsp3) is 0.0556. The molecule has 3 aromatic heterocycles. The molecule has 0 aliphatic carbocycles. The molecule has 0 saturated carbocycles. The van der Waals surface area contributed by atoms with Crippen molar-refractivity contribution in [3.63, 3.8) is 0 Å². The Balaban J connectivity index is 1.51. The van der Waals surface area contributed by atoms with Crippen molar-refractivity contribution in [2.45, 2.75) is 11.1 Å². The van der Waals surface area contributed by atoms with Crippen LogP contribution in [0.15, 0.2) is 70.5 Å². The highest BCUT2D eigenvalue weighted by Gasteiger charge is 2.15. The molecule has 28 heavy (non-hydrogen) atoms. The summed E-state index contributed by atoms with van der Waals surface area (Å²) in [5, 5.41) is 5.86. The summed E-state index contributed by atoms with van der Waals surface area (Å²) in [5.74, 6) is 2.02. The van der Waals surface area contributed by atoms with Crippen LogP contribution in [0.4, 0.5) is 5.69 Å². The first-order valence-electron chi connectivity index (χ1n) is 8.19. The molecule has 142 valence electrons. The van der Waals surface area contributed by atoms with Crippen LogP contribution >= 0.6 is 11.3 Å². The van der Waals surface area contributed by atoms with E-state index >= 15 is 0 Å². The van der Waals surface area contributed by atoms with E-state index in [1.54, 1.807) is 77.9 Å². The van der Waals surface area contributed by atoms with Crippen molar-refractivity contribution in [3.8, 4) is 17.4 Å². The van der Waals surface area contributed by atoms with Crippen molar-refractivity contribution >= 4 is 27.0 Å². The van der Waals surface area contributed by atoms with E-state index in [0.717, 1.165) is 11.3 Å². The second-order valence-corrected chi connectivity index (χ2v) is 8.58. The number of hydrogen-bond donors (Lipinski definition) is 1. The van der Waals surface area contributed by atoms with Gasteiger partial charge in [-0.1, -0.05) is 6.07 Å². The average molecular weight is 413 g/mol. The third kappa shape index (κ3) is 4.02. The van der Waals surface area contributed by atoms with E-state index in [1.807, 2.05) is 0 Å². The van der Waals surface area contributed by atoms with E-state index in [1.165, 1.54) is 0 Å². The lowest BCUT2D eigenvalue weighted by molar-refractivity contribution is 0.459. The third-order valence-electron chi connectivity index (χ3n) is 3.63. The number of nitrogens with zero attached hydrogens (tertiary/aromatic N) is 4. The van der Waals surface area contributed by atoms with Gasteiger partial charge < -0.3 is 4.74 Å². The van der Waals surface area contributed by atoms with Gasteiger partial charge in [0.15, 0.2) is 5.82 Å². The smallest absolute Gasteiger partial charge is 0.271 e. The molecule has 10 heteroatoms. The number of aryl methyl sites for hydroxylation is 1. The van der Waals surface area contributed by atoms with E-state index in [9.17, 15) is 8.42 Å². The molecule has 1 aromatic carbocycles. The standard InChI is InChI=1S/C18H15N5O3S2/c1-13-20-16(23-10-3-9-19-23)12-17(21-13)26-15-7-5-14(6-8-15)22-28(24,25)18-4-2-11-27-18/h2-12,22H,1H3. The largest absolute Gasteiger partial charge is 0.439 e. The zero-order chi connectivity index (χ0) is 19.6. The molecule has 0 saturated heterocycles. The molecule has 0 atom stereocenters. The minimum atomic E-state index is -3.58. The summed E-state index contributed by atoms with van der Waals surface area (Å²) in [6.45, 7) is 1.77. The monoisotopic (exact) mass is 413 g/mol. The van der Waals surface area contributed by atoms with Gasteiger partial charge in [0, 0.05) is 24.1 Å². The van der Waals surface area contributed by atoms with Gasteiger partial charge in [0.25, 0.3) is 10.0 Å². The van der Waals surface area contributed by atoms with Crippen LogP contribution in [-0.2, 0) is 10.0 Å². The van der Waals surface area contributed by atoms with Crippen molar-refractivity contribution in [1.29, 1.82) is 0 Å². The SMILES string of the molecule is Cc1nc(Oc2ccc(NS(=O)(=O)c3cccs3)cc2)cc(-n2cccn2)n1. The van der Waals surface area contributed by atoms with Gasteiger partial charge in [0.2, 0.25) is 5.88 Å². The summed E-state index contributed by atoms with van der Waals surface area (Å²) in [7, 11) is -3.58. The van der Waals surface area contributed by atoms with Gasteiger partial charge in [-0.05, 0) is 48.7 Å². The molecular weight excluding hydrogens is 398 g/mol. The predicted molar refractivity (Wildman–Crippen MR) is 106 cm³/mol. The van der Waals surface area contributed by atoms with Crippen molar-refractivity contribution in [2.75, 3.05) is 4.72 Å². The Morgan fingerprint density at radius 2 is 1.93 bits per heavy atom. The van der Waals surface area contributed by atoms with Crippen molar-refractivity contribution in [1.82, 2.24) is 19.7 Å². The lowest BCUT2D eigenvalue weighted by atomic mass is 10.3. The minimum Gasteiger partial charge on any atom is -0.439 e. The molecule has 0 fully saturated rings. The van der Waals surface area contributed by atoms with E-state index in [0.29, 0.717) is 29.0 Å². The summed E-state index contributed by atoms with van der Waals surface area (Å²) in [6.07, 6.45) is 3.44. The Bertz CT molecular complexity index is 1170. The lowest BCUT2D eigenvalue weighted by Crippen LogP contribution is -2.11. The fourth-order valence-corrected chi connectivity index (χ4v) is 4.48. The molecule has 0 radical (unpaired) electrons. The Labute approximate surface area is 165 Å². The maximum absolute atomic E-state index is 12.3. The highest BCUT2D eigenvalue weighted by Crippen LogP contribution is 2.25. The van der Waals surface area contributed by atoms with Crippen LogP contribution in [0, 0.1) is 6.92 Å². The van der Waals surface area contributed by atoms with Gasteiger partial charge in [-0.15, -0.1) is 11.3 Å². The van der Waals surface area contributed by atoms with Gasteiger partial charge >= 0.3 is 0 Å². The molecule has 0 amide bonds. The summed E-state index contributed by atoms with van der Waals surface area (Å²) in [5.41, 5.74) is 0.442. The van der Waals surface area contributed by atoms with E-state index < -0.39 is 10.0 Å². The van der Waals surface area contributed by atoms with Gasteiger partial charge in [0.1, 0.15) is 15.8 Å². The zero-order valence-corrected chi connectivity index (χ0v) is 16.3. The Hall–Kier alpha value is -3.24. The first-order chi connectivity index (χ1) is 13.5. The van der Waals surface area contributed by atoms with E-state index in [2.05, 4.69) is 19.8 Å². The highest BCUT2D eigenvalue weighted by atomic mass is 32.2. The number of rotatable bonds is 6. The number of hydrogen-bond acceptors (Lipinski definition) is 7. The summed E-state index contributed by atoms with van der Waals surface area (Å²) in [4.78, 5) is 8.60. The van der Waals surface area contributed by atoms with Crippen LogP contribution in [-0.4, -0.2) is 28.2 Å². The quantitative estimate of drug-likeness (QED) is 0.518. The molecular formula is C18H15N5O3S2. The van der Waals surface area contributed by atoms with Crippen LogP contribution in [0.5, 0.6) is 11.6 Å². The highest BCUT2D eigenvalue weighted by molar-refractivity contribution is 7.94. The Morgan fingerprint density at radius 1 is 1.11 bits per heavy atom. The van der Waals surface area contributed by atoms with E-state index in [-0.39, 0.29) is 4.21 Å². The molecule has 1 N–H and O–H groups in total. The Kier molecular flexibility index (Phi) is 4.80. The molecule has 3 heterocycles. The topological polar surface area (TPSA) is 99.0 Å². The number of nitrogens with one attached hydrogen (secondary N) is 1. The van der Waals surface area contributed by atoms with Crippen molar-refractivity contribution in [2.24, 2.45) is 0 Å².